The van der Waals surface area contributed by atoms with Crippen LogP contribution in [0.5, 0.6) is 0 Å². The standard InChI is InChI=1S/C12H20N2OS/c1-7-3-2-4-9(7)12(15)14-10(11(13)16)8-5-6-8/h7-10H,2-6H2,1H3,(H2,13,16)(H,14,15). The third-order valence-electron chi connectivity index (χ3n) is 3.90. The van der Waals surface area contributed by atoms with Gasteiger partial charge in [-0.15, -0.1) is 0 Å². The lowest BCUT2D eigenvalue weighted by Gasteiger charge is -2.21. The number of carbonyl (C=O) groups excluding carboxylic acids is 1. The maximum absolute atomic E-state index is 12.1. The second-order valence-corrected chi connectivity index (χ2v) is 5.71. The highest BCUT2D eigenvalue weighted by Gasteiger charge is 2.37. The van der Waals surface area contributed by atoms with Crippen molar-refractivity contribution in [1.82, 2.24) is 5.32 Å². The number of amides is 1. The molecule has 3 N–H and O–H groups in total. The number of rotatable bonds is 4. The maximum atomic E-state index is 12.1. The quantitative estimate of drug-likeness (QED) is 0.734. The van der Waals surface area contributed by atoms with Crippen molar-refractivity contribution in [3.63, 3.8) is 0 Å². The van der Waals surface area contributed by atoms with E-state index in [0.29, 0.717) is 16.8 Å². The first-order valence-corrected chi connectivity index (χ1v) is 6.60. The van der Waals surface area contributed by atoms with E-state index in [4.69, 9.17) is 18.0 Å². The van der Waals surface area contributed by atoms with Gasteiger partial charge in [0.15, 0.2) is 0 Å². The Morgan fingerprint density at radius 2 is 2.06 bits per heavy atom. The fourth-order valence-corrected chi connectivity index (χ4v) is 2.90. The monoisotopic (exact) mass is 240 g/mol. The fraction of sp³-hybridized carbons (Fsp3) is 0.833. The van der Waals surface area contributed by atoms with Gasteiger partial charge < -0.3 is 11.1 Å². The summed E-state index contributed by atoms with van der Waals surface area (Å²) in [5.74, 6) is 1.34. The summed E-state index contributed by atoms with van der Waals surface area (Å²) in [4.78, 5) is 12.5. The van der Waals surface area contributed by atoms with Crippen molar-refractivity contribution in [3.8, 4) is 0 Å². The Balaban J connectivity index is 1.92. The average molecular weight is 240 g/mol. The molecule has 0 heterocycles. The molecule has 2 saturated carbocycles. The highest BCUT2D eigenvalue weighted by Crippen LogP contribution is 2.35. The number of hydrogen-bond acceptors (Lipinski definition) is 2. The molecule has 0 spiro atoms. The summed E-state index contributed by atoms with van der Waals surface area (Å²) in [7, 11) is 0. The lowest BCUT2D eigenvalue weighted by Crippen LogP contribution is -2.47. The molecule has 3 nitrogen and oxygen atoms in total. The van der Waals surface area contributed by atoms with Crippen LogP contribution in [0.3, 0.4) is 0 Å². The Hall–Kier alpha value is -0.640. The van der Waals surface area contributed by atoms with E-state index < -0.39 is 0 Å². The average Bonchev–Trinajstić information content (AvgIpc) is 2.96. The summed E-state index contributed by atoms with van der Waals surface area (Å²) >= 11 is 5.02. The molecule has 90 valence electrons. The van der Waals surface area contributed by atoms with E-state index in [-0.39, 0.29) is 17.9 Å². The van der Waals surface area contributed by atoms with Crippen LogP contribution in [0, 0.1) is 17.8 Å². The van der Waals surface area contributed by atoms with Crippen molar-refractivity contribution in [2.45, 2.75) is 45.1 Å². The highest BCUT2D eigenvalue weighted by atomic mass is 32.1. The first kappa shape index (κ1) is 11.8. The van der Waals surface area contributed by atoms with Gasteiger partial charge in [-0.25, -0.2) is 0 Å². The normalized spacial score (nSPS) is 31.1. The van der Waals surface area contributed by atoms with Gasteiger partial charge in [0.1, 0.15) is 0 Å². The summed E-state index contributed by atoms with van der Waals surface area (Å²) in [5, 5.41) is 3.05. The zero-order valence-electron chi connectivity index (χ0n) is 9.74. The Kier molecular flexibility index (Phi) is 3.47. The minimum atomic E-state index is -0.0599. The molecule has 3 atom stereocenters. The fourth-order valence-electron chi connectivity index (χ4n) is 2.65. The van der Waals surface area contributed by atoms with E-state index in [1.807, 2.05) is 0 Å². The van der Waals surface area contributed by atoms with Crippen LogP contribution in [0.1, 0.15) is 39.0 Å². The van der Waals surface area contributed by atoms with E-state index in [9.17, 15) is 4.79 Å². The molecule has 2 fully saturated rings. The van der Waals surface area contributed by atoms with Crippen LogP contribution in [0.15, 0.2) is 0 Å². The van der Waals surface area contributed by atoms with E-state index in [1.165, 1.54) is 12.8 Å². The summed E-state index contributed by atoms with van der Waals surface area (Å²) in [6.07, 6.45) is 5.63. The highest BCUT2D eigenvalue weighted by molar-refractivity contribution is 7.80. The number of thiocarbonyl (C=S) groups is 1. The number of carbonyl (C=O) groups is 1. The number of nitrogens with two attached hydrogens (primary N) is 1. The van der Waals surface area contributed by atoms with Crippen molar-refractivity contribution in [3.05, 3.63) is 0 Å². The predicted molar refractivity (Wildman–Crippen MR) is 67.9 cm³/mol. The molecule has 0 bridgehead atoms. The zero-order chi connectivity index (χ0) is 11.7. The maximum Gasteiger partial charge on any atom is 0.223 e. The van der Waals surface area contributed by atoms with E-state index >= 15 is 0 Å². The van der Waals surface area contributed by atoms with Gasteiger partial charge in [0, 0.05) is 5.92 Å². The Bertz CT molecular complexity index is 301. The summed E-state index contributed by atoms with van der Waals surface area (Å²) in [6.45, 7) is 2.16. The van der Waals surface area contributed by atoms with Crippen LogP contribution in [0.4, 0.5) is 0 Å². The van der Waals surface area contributed by atoms with Gasteiger partial charge in [0.05, 0.1) is 11.0 Å². The molecule has 0 aromatic carbocycles. The van der Waals surface area contributed by atoms with Gasteiger partial charge in [-0.1, -0.05) is 25.6 Å². The van der Waals surface area contributed by atoms with Crippen LogP contribution in [-0.4, -0.2) is 16.9 Å². The Morgan fingerprint density at radius 3 is 2.50 bits per heavy atom. The van der Waals surface area contributed by atoms with E-state index in [1.54, 1.807) is 0 Å². The molecule has 2 aliphatic rings. The van der Waals surface area contributed by atoms with Gasteiger partial charge in [0.2, 0.25) is 5.91 Å². The molecule has 0 aromatic heterocycles. The lowest BCUT2D eigenvalue weighted by molar-refractivity contribution is -0.126. The summed E-state index contributed by atoms with van der Waals surface area (Å²) < 4.78 is 0. The van der Waals surface area contributed by atoms with Crippen LogP contribution >= 0.6 is 12.2 Å². The van der Waals surface area contributed by atoms with Crippen LogP contribution in [0.25, 0.3) is 0 Å². The molecule has 0 saturated heterocycles. The molecular formula is C12H20N2OS. The van der Waals surface area contributed by atoms with Gasteiger partial charge in [-0.2, -0.15) is 0 Å². The van der Waals surface area contributed by atoms with Crippen LogP contribution in [0.2, 0.25) is 0 Å². The largest absolute Gasteiger partial charge is 0.392 e. The predicted octanol–water partition coefficient (Wildman–Crippen LogP) is 1.60. The molecular weight excluding hydrogens is 220 g/mol. The van der Waals surface area contributed by atoms with Crippen molar-refractivity contribution in [2.24, 2.45) is 23.5 Å². The minimum Gasteiger partial charge on any atom is -0.392 e. The SMILES string of the molecule is CC1CCCC1C(=O)NC(C(N)=S)C1CC1. The van der Waals surface area contributed by atoms with Gasteiger partial charge in [0.25, 0.3) is 0 Å². The zero-order valence-corrected chi connectivity index (χ0v) is 10.6. The summed E-state index contributed by atoms with van der Waals surface area (Å²) in [6, 6.07) is -0.0599. The molecule has 0 radical (unpaired) electrons. The molecule has 0 aromatic rings. The third-order valence-corrected chi connectivity index (χ3v) is 4.15. The van der Waals surface area contributed by atoms with Crippen molar-refractivity contribution >= 4 is 23.1 Å². The number of hydrogen-bond donors (Lipinski definition) is 2. The molecule has 16 heavy (non-hydrogen) atoms. The molecule has 0 aliphatic heterocycles. The molecule has 2 aliphatic carbocycles. The van der Waals surface area contributed by atoms with Gasteiger partial charge in [-0.3, -0.25) is 4.79 Å². The van der Waals surface area contributed by atoms with E-state index in [0.717, 1.165) is 19.3 Å². The number of nitrogens with one attached hydrogen (secondary N) is 1. The summed E-state index contributed by atoms with van der Waals surface area (Å²) in [5.41, 5.74) is 5.68. The second kappa shape index (κ2) is 4.70. The second-order valence-electron chi connectivity index (χ2n) is 5.24. The smallest absolute Gasteiger partial charge is 0.223 e. The van der Waals surface area contributed by atoms with Crippen molar-refractivity contribution < 1.29 is 4.79 Å². The van der Waals surface area contributed by atoms with Gasteiger partial charge in [-0.05, 0) is 37.5 Å². The Morgan fingerprint density at radius 1 is 1.38 bits per heavy atom. The molecule has 4 heteroatoms. The Labute approximate surface area is 102 Å². The van der Waals surface area contributed by atoms with E-state index in [2.05, 4.69) is 12.2 Å². The topological polar surface area (TPSA) is 55.1 Å². The minimum absolute atomic E-state index is 0.0599. The first-order chi connectivity index (χ1) is 7.59. The lowest BCUT2D eigenvalue weighted by atomic mass is 9.96. The molecule has 3 unspecified atom stereocenters. The molecule has 1 amide bonds. The first-order valence-electron chi connectivity index (χ1n) is 6.19. The van der Waals surface area contributed by atoms with Crippen molar-refractivity contribution in [1.29, 1.82) is 0 Å². The third kappa shape index (κ3) is 2.54. The molecule has 2 rings (SSSR count). The van der Waals surface area contributed by atoms with Gasteiger partial charge >= 0.3 is 0 Å². The van der Waals surface area contributed by atoms with Crippen molar-refractivity contribution in [2.75, 3.05) is 0 Å². The van der Waals surface area contributed by atoms with Crippen LogP contribution in [-0.2, 0) is 4.79 Å². The van der Waals surface area contributed by atoms with Crippen LogP contribution < -0.4 is 11.1 Å².